The van der Waals surface area contributed by atoms with Crippen molar-refractivity contribution in [3.8, 4) is 0 Å². The molecule has 3 aromatic rings. The molecule has 3 rings (SSSR count). The largest absolute Gasteiger partial charge is 0.340 e. The second-order valence-electron chi connectivity index (χ2n) is 6.35. The predicted octanol–water partition coefficient (Wildman–Crippen LogP) is 5.78. The van der Waals surface area contributed by atoms with E-state index in [1.165, 1.54) is 11.1 Å². The first-order valence-electron chi connectivity index (χ1n) is 8.77. The molecule has 4 nitrogen and oxygen atoms in total. The number of hydrogen-bond donors (Lipinski definition) is 2. The van der Waals surface area contributed by atoms with E-state index in [-0.39, 0.29) is 0 Å². The van der Waals surface area contributed by atoms with Crippen molar-refractivity contribution in [2.75, 3.05) is 10.6 Å². The summed E-state index contributed by atoms with van der Waals surface area (Å²) in [6.07, 6.45) is 4.93. The molecule has 0 spiro atoms. The van der Waals surface area contributed by atoms with Crippen LogP contribution < -0.4 is 10.6 Å². The second-order valence-corrected chi connectivity index (χ2v) is 6.35. The molecular weight excluding hydrogens is 320 g/mol. The van der Waals surface area contributed by atoms with Gasteiger partial charge in [-0.15, -0.1) is 0 Å². The molecule has 0 unspecified atom stereocenters. The van der Waals surface area contributed by atoms with Gasteiger partial charge in [-0.2, -0.15) is 4.98 Å². The molecule has 0 aliphatic heterocycles. The summed E-state index contributed by atoms with van der Waals surface area (Å²) in [6, 6.07) is 18.4. The van der Waals surface area contributed by atoms with Gasteiger partial charge in [0.1, 0.15) is 5.82 Å². The standard InChI is InChI=1S/C22H24N4/c1-4-16(2)13-18-9-8-12-20(14-18)24-21-17(3)15-23-22(26-21)25-19-10-6-5-7-11-19/h4-12,14-15H,13H2,1-3H3,(H2,23,24,25,26). The zero-order valence-electron chi connectivity index (χ0n) is 15.5. The van der Waals surface area contributed by atoms with E-state index in [9.17, 15) is 0 Å². The lowest BCUT2D eigenvalue weighted by atomic mass is 10.1. The zero-order chi connectivity index (χ0) is 18.4. The Morgan fingerprint density at radius 3 is 2.54 bits per heavy atom. The number of benzene rings is 2. The molecule has 0 saturated carbocycles. The second kappa shape index (κ2) is 8.30. The summed E-state index contributed by atoms with van der Waals surface area (Å²) in [5.74, 6) is 1.38. The van der Waals surface area contributed by atoms with Crippen LogP contribution in [0.4, 0.5) is 23.1 Å². The molecule has 0 amide bonds. The van der Waals surface area contributed by atoms with Gasteiger partial charge in [0, 0.05) is 23.1 Å². The summed E-state index contributed by atoms with van der Waals surface area (Å²) in [6.45, 7) is 6.22. The third-order valence-corrected chi connectivity index (χ3v) is 4.17. The molecule has 132 valence electrons. The lowest BCUT2D eigenvalue weighted by Gasteiger charge is -2.12. The molecule has 4 heteroatoms. The maximum absolute atomic E-state index is 4.62. The van der Waals surface area contributed by atoms with Crippen molar-refractivity contribution in [3.63, 3.8) is 0 Å². The minimum Gasteiger partial charge on any atom is -0.340 e. The number of hydrogen-bond acceptors (Lipinski definition) is 4. The van der Waals surface area contributed by atoms with Crippen molar-refractivity contribution < 1.29 is 0 Å². The summed E-state index contributed by atoms with van der Waals surface area (Å²) < 4.78 is 0. The van der Waals surface area contributed by atoms with Gasteiger partial charge in [0.2, 0.25) is 5.95 Å². The van der Waals surface area contributed by atoms with E-state index in [4.69, 9.17) is 0 Å². The van der Waals surface area contributed by atoms with Crippen LogP contribution in [0.5, 0.6) is 0 Å². The first kappa shape index (κ1) is 17.7. The van der Waals surface area contributed by atoms with Gasteiger partial charge in [0.25, 0.3) is 0 Å². The molecular formula is C22H24N4. The highest BCUT2D eigenvalue weighted by Gasteiger charge is 2.06. The van der Waals surface area contributed by atoms with Gasteiger partial charge < -0.3 is 10.6 Å². The van der Waals surface area contributed by atoms with Crippen LogP contribution in [0.2, 0.25) is 0 Å². The monoisotopic (exact) mass is 344 g/mol. The molecule has 1 heterocycles. The van der Waals surface area contributed by atoms with E-state index < -0.39 is 0 Å². The van der Waals surface area contributed by atoms with E-state index in [2.05, 4.69) is 64.8 Å². The van der Waals surface area contributed by atoms with Gasteiger partial charge in [0.05, 0.1) is 0 Å². The predicted molar refractivity (Wildman–Crippen MR) is 109 cm³/mol. The SMILES string of the molecule is CC=C(C)Cc1cccc(Nc2nc(Nc3ccccc3)ncc2C)c1. The third kappa shape index (κ3) is 4.70. The van der Waals surface area contributed by atoms with Crippen LogP contribution in [0.1, 0.15) is 25.0 Å². The van der Waals surface area contributed by atoms with Crippen LogP contribution in [0.25, 0.3) is 0 Å². The van der Waals surface area contributed by atoms with Crippen molar-refractivity contribution in [2.45, 2.75) is 27.2 Å². The fraction of sp³-hybridized carbons (Fsp3) is 0.182. The molecule has 0 radical (unpaired) electrons. The maximum atomic E-state index is 4.62. The first-order valence-corrected chi connectivity index (χ1v) is 8.77. The topological polar surface area (TPSA) is 49.8 Å². The van der Waals surface area contributed by atoms with E-state index in [0.717, 1.165) is 29.2 Å². The van der Waals surface area contributed by atoms with Crippen molar-refractivity contribution in [1.29, 1.82) is 0 Å². The lowest BCUT2D eigenvalue weighted by Crippen LogP contribution is -2.03. The number of rotatable bonds is 6. The van der Waals surface area contributed by atoms with Crippen molar-refractivity contribution in [1.82, 2.24) is 9.97 Å². The molecule has 2 aromatic carbocycles. The van der Waals surface area contributed by atoms with E-state index >= 15 is 0 Å². The average Bonchev–Trinajstić information content (AvgIpc) is 2.65. The highest BCUT2D eigenvalue weighted by Crippen LogP contribution is 2.22. The Bertz CT molecular complexity index is 901. The van der Waals surface area contributed by atoms with Crippen LogP contribution in [0, 0.1) is 6.92 Å². The number of aryl methyl sites for hydroxylation is 1. The normalized spacial score (nSPS) is 11.3. The number of allylic oxidation sites excluding steroid dienone is 2. The minimum absolute atomic E-state index is 0.574. The van der Waals surface area contributed by atoms with Crippen LogP contribution in [-0.2, 0) is 6.42 Å². The van der Waals surface area contributed by atoms with Gasteiger partial charge in [-0.1, -0.05) is 42.0 Å². The Labute approximate surface area is 155 Å². The van der Waals surface area contributed by atoms with E-state index in [1.54, 1.807) is 0 Å². The molecule has 0 aliphatic carbocycles. The molecule has 1 aromatic heterocycles. The van der Waals surface area contributed by atoms with Gasteiger partial charge in [-0.25, -0.2) is 4.98 Å². The highest BCUT2D eigenvalue weighted by molar-refractivity contribution is 5.62. The van der Waals surface area contributed by atoms with Crippen molar-refractivity contribution in [2.24, 2.45) is 0 Å². The molecule has 0 atom stereocenters. The fourth-order valence-electron chi connectivity index (χ4n) is 2.60. The highest BCUT2D eigenvalue weighted by atomic mass is 15.1. The third-order valence-electron chi connectivity index (χ3n) is 4.17. The minimum atomic E-state index is 0.574. The summed E-state index contributed by atoms with van der Waals surface area (Å²) in [7, 11) is 0. The Kier molecular flexibility index (Phi) is 5.64. The summed E-state index contributed by atoms with van der Waals surface area (Å²) in [5, 5.41) is 6.65. The quantitative estimate of drug-likeness (QED) is 0.556. The van der Waals surface area contributed by atoms with Crippen molar-refractivity contribution in [3.05, 3.63) is 83.6 Å². The van der Waals surface area contributed by atoms with Gasteiger partial charge in [0.15, 0.2) is 0 Å². The molecule has 0 fully saturated rings. The first-order chi connectivity index (χ1) is 12.6. The van der Waals surface area contributed by atoms with Crippen LogP contribution in [-0.4, -0.2) is 9.97 Å². The fourth-order valence-corrected chi connectivity index (χ4v) is 2.60. The molecule has 0 aliphatic rings. The number of nitrogens with one attached hydrogen (secondary N) is 2. The Morgan fingerprint density at radius 1 is 1.00 bits per heavy atom. The number of anilines is 4. The number of aromatic nitrogens is 2. The Hall–Kier alpha value is -3.14. The van der Waals surface area contributed by atoms with Crippen molar-refractivity contribution >= 4 is 23.1 Å². The van der Waals surface area contributed by atoms with Gasteiger partial charge >= 0.3 is 0 Å². The lowest BCUT2D eigenvalue weighted by molar-refractivity contribution is 1.12. The Morgan fingerprint density at radius 2 is 1.77 bits per heavy atom. The van der Waals surface area contributed by atoms with Crippen LogP contribution >= 0.6 is 0 Å². The molecule has 0 bridgehead atoms. The summed E-state index contributed by atoms with van der Waals surface area (Å²) in [5.41, 5.74) is 5.62. The van der Waals surface area contributed by atoms with E-state index in [1.807, 2.05) is 43.5 Å². The summed E-state index contributed by atoms with van der Waals surface area (Å²) >= 11 is 0. The van der Waals surface area contributed by atoms with Gasteiger partial charge in [-0.05, 0) is 57.0 Å². The smallest absolute Gasteiger partial charge is 0.229 e. The summed E-state index contributed by atoms with van der Waals surface area (Å²) in [4.78, 5) is 9.00. The number of nitrogens with zero attached hydrogens (tertiary/aromatic N) is 2. The average molecular weight is 344 g/mol. The zero-order valence-corrected chi connectivity index (χ0v) is 15.5. The van der Waals surface area contributed by atoms with Crippen LogP contribution in [0.3, 0.4) is 0 Å². The Balaban J connectivity index is 1.79. The van der Waals surface area contributed by atoms with Crippen LogP contribution in [0.15, 0.2) is 72.4 Å². The molecule has 2 N–H and O–H groups in total. The molecule has 26 heavy (non-hydrogen) atoms. The van der Waals surface area contributed by atoms with Gasteiger partial charge in [-0.3, -0.25) is 0 Å². The molecule has 0 saturated heterocycles. The maximum Gasteiger partial charge on any atom is 0.229 e. The number of para-hydroxylation sites is 1. The van der Waals surface area contributed by atoms with E-state index in [0.29, 0.717) is 5.95 Å².